The molecule has 4 amide bonds. The van der Waals surface area contributed by atoms with E-state index < -0.39 is 47.4 Å². The number of hydrogen-bond donors (Lipinski definition) is 3. The highest BCUT2D eigenvalue weighted by Crippen LogP contribution is 2.37. The van der Waals surface area contributed by atoms with Crippen LogP contribution < -0.4 is 11.1 Å². The minimum absolute atomic E-state index is 0.0270. The van der Waals surface area contributed by atoms with E-state index >= 15 is 0 Å². The second-order valence-electron chi connectivity index (χ2n) is 14.5. The van der Waals surface area contributed by atoms with Crippen LogP contribution >= 0.6 is 11.6 Å². The lowest BCUT2D eigenvalue weighted by molar-refractivity contribution is -0.143. The molecule has 0 saturated carbocycles. The van der Waals surface area contributed by atoms with Crippen molar-refractivity contribution in [2.45, 2.75) is 45.1 Å². The molecule has 16 nitrogen and oxygen atoms in total. The number of alkyl halides is 3. The first-order valence-electron chi connectivity index (χ1n) is 17.6. The molecule has 4 aromatic rings. The van der Waals surface area contributed by atoms with Crippen LogP contribution in [0.5, 0.6) is 0 Å². The maximum absolute atomic E-state index is 14.1. The van der Waals surface area contributed by atoms with Gasteiger partial charge in [0.05, 0.1) is 58.5 Å². The molecule has 3 aromatic heterocycles. The number of aliphatic hydroxyl groups is 1. The highest BCUT2D eigenvalue weighted by atomic mass is 35.5. The molecule has 6 rings (SSSR count). The third-order valence-electron chi connectivity index (χ3n) is 9.34. The van der Waals surface area contributed by atoms with E-state index in [1.165, 1.54) is 53.0 Å². The van der Waals surface area contributed by atoms with Gasteiger partial charge >= 0.3 is 12.3 Å². The molecule has 0 spiro atoms. The van der Waals surface area contributed by atoms with Crippen LogP contribution in [0.3, 0.4) is 0 Å². The number of piperazine rings is 1. The standard InChI is InChI=1S/C36H40ClF3N10O6/c1-35(2,3)56-34(55)49-10-9-23(27(51)19-49)33(54)48-13-11-47(12-14-48)32(53)22-7-6-21(15-25(22)37)44-31(52)30-43-17-26(46(30)4)24-18-50(45-29(24)36(38,39)40)28-8-5-20(41)16-42-28/h5-8,15-18,23,27,51H,9-14,19,41H2,1-4H3,(H,44,52)/t23-,27-/m1/s1. The summed E-state index contributed by atoms with van der Waals surface area (Å²) < 4.78 is 49.7. The first-order valence-corrected chi connectivity index (χ1v) is 17.9. The van der Waals surface area contributed by atoms with Crippen LogP contribution in [0.2, 0.25) is 5.02 Å². The number of nitrogen functional groups attached to an aromatic ring is 1. The number of ether oxygens (including phenoxy) is 1. The van der Waals surface area contributed by atoms with Crippen molar-refractivity contribution in [3.63, 3.8) is 0 Å². The summed E-state index contributed by atoms with van der Waals surface area (Å²) in [5, 5.41) is 17.1. The Morgan fingerprint density at radius 1 is 0.964 bits per heavy atom. The monoisotopic (exact) mass is 800 g/mol. The molecule has 1 aromatic carbocycles. The summed E-state index contributed by atoms with van der Waals surface area (Å²) in [5.74, 6) is -2.21. The van der Waals surface area contributed by atoms with E-state index in [0.717, 1.165) is 17.1 Å². The number of amides is 4. The van der Waals surface area contributed by atoms with Crippen LogP contribution in [-0.2, 0) is 22.8 Å². The van der Waals surface area contributed by atoms with Gasteiger partial charge < -0.3 is 40.2 Å². The third kappa shape index (κ3) is 8.57. The van der Waals surface area contributed by atoms with Crippen LogP contribution in [0.25, 0.3) is 17.1 Å². The normalized spacial score (nSPS) is 17.8. The molecule has 2 fully saturated rings. The average Bonchev–Trinajstić information content (AvgIpc) is 3.75. The van der Waals surface area contributed by atoms with Crippen molar-refractivity contribution in [1.29, 1.82) is 0 Å². The minimum atomic E-state index is -4.84. The van der Waals surface area contributed by atoms with Crippen LogP contribution in [-0.4, -0.2) is 119 Å². The van der Waals surface area contributed by atoms with Gasteiger partial charge in [-0.3, -0.25) is 14.4 Å². The van der Waals surface area contributed by atoms with Crippen molar-refractivity contribution < 1.29 is 42.2 Å². The van der Waals surface area contributed by atoms with Gasteiger partial charge in [-0.2, -0.15) is 18.3 Å². The lowest BCUT2D eigenvalue weighted by Gasteiger charge is -2.40. The fraction of sp³-hybridized carbons (Fsp3) is 0.417. The maximum atomic E-state index is 14.1. The summed E-state index contributed by atoms with van der Waals surface area (Å²) in [6, 6.07) is 7.15. The second-order valence-corrected chi connectivity index (χ2v) is 14.9. The number of piperidine rings is 1. The van der Waals surface area contributed by atoms with Gasteiger partial charge in [0.25, 0.3) is 11.8 Å². The Balaban J connectivity index is 1.06. The van der Waals surface area contributed by atoms with Crippen LogP contribution in [0, 0.1) is 5.92 Å². The number of carbonyl (C=O) groups excluding carboxylic acids is 4. The number of aromatic nitrogens is 5. The van der Waals surface area contributed by atoms with Crippen LogP contribution in [0.15, 0.2) is 48.9 Å². The zero-order valence-corrected chi connectivity index (χ0v) is 31.6. The zero-order valence-electron chi connectivity index (χ0n) is 30.9. The maximum Gasteiger partial charge on any atom is 0.435 e. The zero-order chi connectivity index (χ0) is 40.7. The molecular weight excluding hydrogens is 761 g/mol. The molecule has 2 aliphatic heterocycles. The number of imidazole rings is 1. The molecular formula is C36H40ClF3N10O6. The van der Waals surface area contributed by atoms with Gasteiger partial charge in [-0.15, -0.1) is 0 Å². The number of hydrogen-bond acceptors (Lipinski definition) is 10. The van der Waals surface area contributed by atoms with Crippen molar-refractivity contribution in [2.24, 2.45) is 13.0 Å². The Labute approximate surface area is 324 Å². The van der Waals surface area contributed by atoms with E-state index in [1.54, 1.807) is 30.6 Å². The van der Waals surface area contributed by atoms with Crippen LogP contribution in [0.1, 0.15) is 53.9 Å². The van der Waals surface area contributed by atoms with E-state index in [0.29, 0.717) is 5.69 Å². The molecule has 0 bridgehead atoms. The summed E-state index contributed by atoms with van der Waals surface area (Å²) in [4.78, 5) is 65.1. The van der Waals surface area contributed by atoms with Gasteiger partial charge in [0.15, 0.2) is 17.3 Å². The summed E-state index contributed by atoms with van der Waals surface area (Å²) in [7, 11) is 1.38. The summed E-state index contributed by atoms with van der Waals surface area (Å²) in [6.45, 7) is 6.35. The molecule has 0 unspecified atom stereocenters. The quantitative estimate of drug-likeness (QED) is 0.256. The first-order chi connectivity index (χ1) is 26.3. The SMILES string of the molecule is Cn1c(-c2cn(-c3ccc(N)cn3)nc2C(F)(F)F)cnc1C(=O)Nc1ccc(C(=O)N2CCN(C(=O)[C@@H]3CCN(C(=O)OC(C)(C)C)C[C@H]3O)CC2)c(Cl)c1. The van der Waals surface area contributed by atoms with Gasteiger partial charge in [-0.1, -0.05) is 11.6 Å². The predicted molar refractivity (Wildman–Crippen MR) is 197 cm³/mol. The van der Waals surface area contributed by atoms with Gasteiger partial charge in [-0.05, 0) is 57.5 Å². The van der Waals surface area contributed by atoms with Gasteiger partial charge in [0.1, 0.15) is 5.60 Å². The van der Waals surface area contributed by atoms with E-state index in [1.807, 2.05) is 0 Å². The van der Waals surface area contributed by atoms with Crippen molar-refractivity contribution in [3.8, 4) is 17.1 Å². The largest absolute Gasteiger partial charge is 0.444 e. The lowest BCUT2D eigenvalue weighted by atomic mass is 9.92. The van der Waals surface area contributed by atoms with E-state index in [4.69, 9.17) is 22.1 Å². The van der Waals surface area contributed by atoms with Gasteiger partial charge in [0, 0.05) is 51.7 Å². The molecule has 0 aliphatic carbocycles. The van der Waals surface area contributed by atoms with E-state index in [2.05, 4.69) is 20.4 Å². The highest BCUT2D eigenvalue weighted by molar-refractivity contribution is 6.34. The molecule has 298 valence electrons. The van der Waals surface area contributed by atoms with Crippen molar-refractivity contribution in [1.82, 2.24) is 39.0 Å². The molecule has 2 saturated heterocycles. The number of aliphatic hydroxyl groups excluding tert-OH is 1. The number of halogens is 4. The summed E-state index contributed by atoms with van der Waals surface area (Å²) in [6.07, 6.45) is -2.63. The third-order valence-corrected chi connectivity index (χ3v) is 9.65. The smallest absolute Gasteiger partial charge is 0.435 e. The van der Waals surface area contributed by atoms with Gasteiger partial charge in [-0.25, -0.2) is 19.4 Å². The predicted octanol–water partition coefficient (Wildman–Crippen LogP) is 4.08. The number of rotatable bonds is 6. The number of anilines is 2. The van der Waals surface area contributed by atoms with Crippen molar-refractivity contribution >= 4 is 46.8 Å². The summed E-state index contributed by atoms with van der Waals surface area (Å²) >= 11 is 6.50. The Morgan fingerprint density at radius 3 is 2.27 bits per heavy atom. The number of likely N-dealkylation sites (tertiary alicyclic amines) is 1. The van der Waals surface area contributed by atoms with Crippen LogP contribution in [0.4, 0.5) is 29.3 Å². The molecule has 2 aliphatic rings. The Bertz CT molecular complexity index is 2140. The van der Waals surface area contributed by atoms with E-state index in [9.17, 15) is 37.5 Å². The number of nitrogens with zero attached hydrogens (tertiary/aromatic N) is 8. The van der Waals surface area contributed by atoms with Gasteiger partial charge in [0.2, 0.25) is 5.91 Å². The first kappa shape index (κ1) is 40.0. The summed E-state index contributed by atoms with van der Waals surface area (Å²) in [5.41, 5.74) is 4.05. The molecule has 20 heteroatoms. The van der Waals surface area contributed by atoms with E-state index in [-0.39, 0.29) is 90.8 Å². The molecule has 0 radical (unpaired) electrons. The molecule has 4 N–H and O–H groups in total. The highest BCUT2D eigenvalue weighted by Gasteiger charge is 2.40. The number of carbonyl (C=O) groups is 4. The van der Waals surface area contributed by atoms with Crippen molar-refractivity contribution in [2.75, 3.05) is 50.3 Å². The average molecular weight is 801 g/mol. The number of pyridine rings is 1. The fourth-order valence-corrected chi connectivity index (χ4v) is 6.75. The second kappa shape index (κ2) is 15.4. The van der Waals surface area contributed by atoms with Crippen molar-refractivity contribution in [3.05, 3.63) is 71.0 Å². The number of benzene rings is 1. The lowest BCUT2D eigenvalue weighted by Crippen LogP contribution is -2.56. The molecule has 5 heterocycles. The minimum Gasteiger partial charge on any atom is -0.444 e. The molecule has 56 heavy (non-hydrogen) atoms. The fourth-order valence-electron chi connectivity index (χ4n) is 6.49. The number of nitrogens with two attached hydrogens (primary N) is 1. The topological polar surface area (TPSA) is 194 Å². The Morgan fingerprint density at radius 2 is 1.66 bits per heavy atom. The number of β-amino-alcohol motifs (C(OH)–C–C–N with tert-alkyl or cyclic N) is 1. The number of nitrogens with one attached hydrogen (secondary N) is 1. The Hall–Kier alpha value is -5.69. The molecule has 2 atom stereocenters. The Kier molecular flexibility index (Phi) is 11.0.